The molecule has 0 aromatic carbocycles. The molecule has 0 bridgehead atoms. The van der Waals surface area contributed by atoms with Gasteiger partial charge in [0, 0.05) is 0 Å². The second kappa shape index (κ2) is 3.92. The third kappa shape index (κ3) is 1.88. The molecule has 2 heterocycles. The number of amides is 1. The zero-order valence-electron chi connectivity index (χ0n) is 8.39. The average Bonchev–Trinajstić information content (AvgIpc) is 2.62. The van der Waals surface area contributed by atoms with Crippen LogP contribution in [0.2, 0.25) is 0 Å². The Hall–Kier alpha value is -1.92. The van der Waals surface area contributed by atoms with Crippen molar-refractivity contribution >= 4 is 17.4 Å². The van der Waals surface area contributed by atoms with Gasteiger partial charge in [-0.05, 0) is 19.1 Å². The van der Waals surface area contributed by atoms with Crippen LogP contribution >= 0.6 is 0 Å². The number of carbonyl (C=O) groups excluding carboxylic acids is 1. The van der Waals surface area contributed by atoms with Gasteiger partial charge in [0.2, 0.25) is 0 Å². The number of hydrogen-bond acceptors (Lipinski definition) is 4. The number of rotatable bonds is 2. The number of aromatic nitrogens is 2. The van der Waals surface area contributed by atoms with E-state index >= 15 is 0 Å². The highest BCUT2D eigenvalue weighted by Gasteiger charge is 2.30. The van der Waals surface area contributed by atoms with Crippen LogP contribution in [0.15, 0.2) is 17.2 Å². The molecule has 16 heavy (non-hydrogen) atoms. The molecule has 0 unspecified atom stereocenters. The van der Waals surface area contributed by atoms with E-state index in [0.717, 1.165) is 5.01 Å². The Morgan fingerprint density at radius 2 is 2.12 bits per heavy atom. The zero-order valence-corrected chi connectivity index (χ0v) is 8.39. The van der Waals surface area contributed by atoms with E-state index in [2.05, 4.69) is 15.3 Å². The predicted octanol–water partition coefficient (Wildman–Crippen LogP) is 1.14. The van der Waals surface area contributed by atoms with Crippen molar-refractivity contribution < 1.29 is 13.6 Å². The summed E-state index contributed by atoms with van der Waals surface area (Å²) >= 11 is 0. The van der Waals surface area contributed by atoms with Gasteiger partial charge < -0.3 is 0 Å². The molecule has 0 saturated heterocycles. The molecule has 84 valence electrons. The number of hydrogen-bond donors (Lipinski definition) is 0. The second-order valence-corrected chi connectivity index (χ2v) is 3.31. The molecule has 0 radical (unpaired) electrons. The molecule has 5 nitrogen and oxygen atoms in total. The molecule has 0 atom stereocenters. The third-order valence-corrected chi connectivity index (χ3v) is 2.05. The number of alkyl halides is 2. The molecule has 1 aromatic rings. The minimum absolute atomic E-state index is 0.159. The first-order chi connectivity index (χ1) is 7.58. The van der Waals surface area contributed by atoms with Gasteiger partial charge in [-0.15, -0.1) is 5.10 Å². The molecule has 0 spiro atoms. The highest BCUT2D eigenvalue weighted by atomic mass is 19.3. The van der Waals surface area contributed by atoms with Gasteiger partial charge in [0.25, 0.3) is 12.3 Å². The van der Waals surface area contributed by atoms with Crippen LogP contribution in [0, 0.1) is 6.92 Å². The van der Waals surface area contributed by atoms with E-state index in [0.29, 0.717) is 5.69 Å². The summed E-state index contributed by atoms with van der Waals surface area (Å²) in [6, 6.07) is 3.14. The molecule has 1 amide bonds. The lowest BCUT2D eigenvalue weighted by molar-refractivity contribution is -0.117. The van der Waals surface area contributed by atoms with Gasteiger partial charge in [-0.1, -0.05) is 0 Å². The van der Waals surface area contributed by atoms with Crippen molar-refractivity contribution in [1.82, 2.24) is 10.2 Å². The van der Waals surface area contributed by atoms with Crippen LogP contribution in [0.5, 0.6) is 0 Å². The molecule has 2 rings (SSSR count). The van der Waals surface area contributed by atoms with Gasteiger partial charge in [-0.25, -0.2) is 8.78 Å². The van der Waals surface area contributed by atoms with Crippen LogP contribution in [0.1, 0.15) is 12.1 Å². The molecule has 0 fully saturated rings. The van der Waals surface area contributed by atoms with E-state index in [-0.39, 0.29) is 12.2 Å². The average molecular weight is 226 g/mol. The van der Waals surface area contributed by atoms with Gasteiger partial charge in [0.15, 0.2) is 5.82 Å². The van der Waals surface area contributed by atoms with E-state index in [1.165, 1.54) is 6.07 Å². The standard InChI is InChI=1S/C9H8F2N4O/c1-5-2-3-7(13-12-5)15-8(16)4-6(14-15)9(10)11/h2-3,9H,4H2,1H3. The molecule has 1 aromatic heterocycles. The fourth-order valence-electron chi connectivity index (χ4n) is 1.25. The Balaban J connectivity index is 2.28. The lowest BCUT2D eigenvalue weighted by Crippen LogP contribution is -2.21. The summed E-state index contributed by atoms with van der Waals surface area (Å²) in [6.45, 7) is 1.73. The number of nitrogens with zero attached hydrogens (tertiary/aromatic N) is 4. The maximum atomic E-state index is 12.3. The summed E-state index contributed by atoms with van der Waals surface area (Å²) in [4.78, 5) is 11.4. The summed E-state index contributed by atoms with van der Waals surface area (Å²) in [7, 11) is 0. The van der Waals surface area contributed by atoms with E-state index < -0.39 is 18.0 Å². The van der Waals surface area contributed by atoms with Crippen molar-refractivity contribution in [3.63, 3.8) is 0 Å². The molecule has 7 heteroatoms. The number of halogens is 2. The number of aryl methyl sites for hydroxylation is 1. The topological polar surface area (TPSA) is 58.5 Å². The monoisotopic (exact) mass is 226 g/mol. The second-order valence-electron chi connectivity index (χ2n) is 3.31. The fraction of sp³-hybridized carbons (Fsp3) is 0.333. The van der Waals surface area contributed by atoms with Gasteiger partial charge in [0.1, 0.15) is 5.71 Å². The summed E-state index contributed by atoms with van der Waals surface area (Å²) in [5.74, 6) is -0.361. The highest BCUT2D eigenvalue weighted by Crippen LogP contribution is 2.19. The molecular formula is C9H8F2N4O. The zero-order chi connectivity index (χ0) is 11.7. The first-order valence-corrected chi connectivity index (χ1v) is 4.57. The maximum Gasteiger partial charge on any atom is 0.278 e. The minimum atomic E-state index is -2.72. The first kappa shape index (κ1) is 10.6. The van der Waals surface area contributed by atoms with Crippen molar-refractivity contribution in [2.24, 2.45) is 5.10 Å². The Morgan fingerprint density at radius 1 is 1.38 bits per heavy atom. The number of anilines is 1. The summed E-state index contributed by atoms with van der Waals surface area (Å²) in [5, 5.41) is 11.8. The van der Waals surface area contributed by atoms with Crippen LogP contribution in [-0.2, 0) is 4.79 Å². The van der Waals surface area contributed by atoms with Crippen molar-refractivity contribution in [2.75, 3.05) is 5.01 Å². The van der Waals surface area contributed by atoms with Crippen molar-refractivity contribution in [1.29, 1.82) is 0 Å². The lowest BCUT2D eigenvalue weighted by Gasteiger charge is -2.08. The summed E-state index contributed by atoms with van der Waals surface area (Å²) < 4.78 is 24.6. The smallest absolute Gasteiger partial charge is 0.272 e. The Kier molecular flexibility index (Phi) is 2.59. The quantitative estimate of drug-likeness (QED) is 0.759. The molecule has 1 aliphatic rings. The largest absolute Gasteiger partial charge is 0.278 e. The lowest BCUT2D eigenvalue weighted by atomic mass is 10.3. The summed E-state index contributed by atoms with van der Waals surface area (Å²) in [6.07, 6.45) is -3.08. The molecule has 0 aliphatic carbocycles. The Labute approximate surface area is 89.8 Å². The number of hydrazone groups is 1. The van der Waals surface area contributed by atoms with E-state index in [4.69, 9.17) is 0 Å². The first-order valence-electron chi connectivity index (χ1n) is 4.57. The third-order valence-electron chi connectivity index (χ3n) is 2.05. The van der Waals surface area contributed by atoms with Gasteiger partial charge in [-0.3, -0.25) is 4.79 Å². The normalized spacial score (nSPS) is 15.9. The van der Waals surface area contributed by atoms with E-state index in [1.54, 1.807) is 13.0 Å². The Bertz CT molecular complexity index is 443. The molecular weight excluding hydrogens is 218 g/mol. The number of carbonyl (C=O) groups is 1. The molecule has 0 saturated carbocycles. The van der Waals surface area contributed by atoms with E-state index in [1.807, 2.05) is 0 Å². The predicted molar refractivity (Wildman–Crippen MR) is 52.3 cm³/mol. The fourth-order valence-corrected chi connectivity index (χ4v) is 1.25. The van der Waals surface area contributed by atoms with Crippen LogP contribution in [0.25, 0.3) is 0 Å². The molecule has 1 aliphatic heterocycles. The van der Waals surface area contributed by atoms with Crippen molar-refractivity contribution in [3.8, 4) is 0 Å². The highest BCUT2D eigenvalue weighted by molar-refractivity contribution is 6.13. The van der Waals surface area contributed by atoms with Gasteiger partial charge >= 0.3 is 0 Å². The van der Waals surface area contributed by atoms with Crippen LogP contribution in [-0.4, -0.2) is 28.2 Å². The minimum Gasteiger partial charge on any atom is -0.272 e. The van der Waals surface area contributed by atoms with Crippen LogP contribution in [0.4, 0.5) is 14.6 Å². The van der Waals surface area contributed by atoms with E-state index in [9.17, 15) is 13.6 Å². The maximum absolute atomic E-state index is 12.3. The van der Waals surface area contributed by atoms with Crippen LogP contribution < -0.4 is 5.01 Å². The van der Waals surface area contributed by atoms with Crippen molar-refractivity contribution in [3.05, 3.63) is 17.8 Å². The van der Waals surface area contributed by atoms with Gasteiger partial charge in [-0.2, -0.15) is 15.2 Å². The summed E-state index contributed by atoms with van der Waals surface area (Å²) in [5.41, 5.74) is 0.237. The molecule has 0 N–H and O–H groups in total. The Morgan fingerprint density at radius 3 is 2.62 bits per heavy atom. The van der Waals surface area contributed by atoms with Gasteiger partial charge in [0.05, 0.1) is 12.1 Å². The van der Waals surface area contributed by atoms with Crippen LogP contribution in [0.3, 0.4) is 0 Å². The van der Waals surface area contributed by atoms with Crippen molar-refractivity contribution in [2.45, 2.75) is 19.8 Å². The SMILES string of the molecule is Cc1ccc(N2N=C(C(F)F)CC2=O)nn1.